The van der Waals surface area contributed by atoms with Gasteiger partial charge in [0.25, 0.3) is 0 Å². The maximum Gasteiger partial charge on any atom is 0.151 e. The first kappa shape index (κ1) is 19.6. The van der Waals surface area contributed by atoms with Crippen molar-refractivity contribution in [1.82, 2.24) is 4.68 Å². The van der Waals surface area contributed by atoms with Crippen molar-refractivity contribution >= 4 is 24.4 Å². The van der Waals surface area contributed by atoms with Gasteiger partial charge < -0.3 is 10.1 Å². The smallest absolute Gasteiger partial charge is 0.151 e. The predicted octanol–water partition coefficient (Wildman–Crippen LogP) is 5.23. The second-order valence-corrected chi connectivity index (χ2v) is 6.34. The van der Waals surface area contributed by atoms with Crippen molar-refractivity contribution in [1.29, 1.82) is 5.26 Å². The van der Waals surface area contributed by atoms with Gasteiger partial charge in [-0.15, -0.1) is 0 Å². The first-order valence-corrected chi connectivity index (χ1v) is 8.92. The van der Waals surface area contributed by atoms with E-state index in [0.717, 1.165) is 17.7 Å². The van der Waals surface area contributed by atoms with E-state index < -0.39 is 0 Å². The van der Waals surface area contributed by atoms with E-state index in [4.69, 9.17) is 4.74 Å². The van der Waals surface area contributed by atoms with Gasteiger partial charge in [0.15, 0.2) is 6.29 Å². The van der Waals surface area contributed by atoms with Crippen LogP contribution in [-0.2, 0) is 0 Å². The van der Waals surface area contributed by atoms with Crippen LogP contribution in [0.2, 0.25) is 0 Å². The summed E-state index contributed by atoms with van der Waals surface area (Å²) in [6, 6.07) is 19.1. The van der Waals surface area contributed by atoms with Crippen LogP contribution in [-0.4, -0.2) is 17.7 Å². The summed E-state index contributed by atoms with van der Waals surface area (Å²) in [5.41, 5.74) is 3.60. The van der Waals surface area contributed by atoms with Crippen molar-refractivity contribution in [2.45, 2.75) is 13.8 Å². The fraction of sp³-hybridized carbons (Fsp3) is 0.0870. The summed E-state index contributed by atoms with van der Waals surface area (Å²) in [7, 11) is 0. The number of nitrogens with one attached hydrogen (secondary N) is 1. The zero-order chi connectivity index (χ0) is 20.8. The average Bonchev–Trinajstić information content (AvgIpc) is 3.08. The molecular formula is C23H20N4O2. The Labute approximate surface area is 169 Å². The van der Waals surface area contributed by atoms with Gasteiger partial charge in [-0.3, -0.25) is 4.79 Å². The molecule has 3 aromatic rings. The van der Waals surface area contributed by atoms with E-state index in [1.807, 2.05) is 61.5 Å². The van der Waals surface area contributed by atoms with Gasteiger partial charge >= 0.3 is 0 Å². The molecule has 0 bridgehead atoms. The van der Waals surface area contributed by atoms with Crippen molar-refractivity contribution in [3.63, 3.8) is 0 Å². The molecule has 2 aromatic carbocycles. The molecule has 0 unspecified atom stereocenters. The lowest BCUT2D eigenvalue weighted by atomic mass is 10.1. The Morgan fingerprint density at radius 1 is 1.17 bits per heavy atom. The van der Waals surface area contributed by atoms with Crippen LogP contribution in [0.3, 0.4) is 0 Å². The van der Waals surface area contributed by atoms with E-state index in [1.165, 1.54) is 4.68 Å². The summed E-state index contributed by atoms with van der Waals surface area (Å²) in [6.07, 6.45) is 2.35. The number of anilines is 1. The first-order valence-electron chi connectivity index (χ1n) is 8.92. The number of aldehydes is 1. The standard InChI is InChI=1S/C23H20N4O2/c1-16(13-24)22(23-17(2)18(15-28)14-27(23)25-3)26-19-9-11-21(12-10-19)29-20-7-5-4-6-8-20/h4-12,14-15,26H,3H2,1-2H3/b22-16-. The number of aromatic nitrogens is 1. The second-order valence-electron chi connectivity index (χ2n) is 6.34. The Morgan fingerprint density at radius 2 is 1.83 bits per heavy atom. The molecule has 1 N–H and O–H groups in total. The second kappa shape index (κ2) is 8.72. The van der Waals surface area contributed by atoms with Crippen LogP contribution in [0.4, 0.5) is 5.69 Å². The van der Waals surface area contributed by atoms with Gasteiger partial charge in [0, 0.05) is 24.2 Å². The lowest BCUT2D eigenvalue weighted by Gasteiger charge is -2.15. The summed E-state index contributed by atoms with van der Waals surface area (Å²) in [5, 5.41) is 16.7. The molecule has 0 aliphatic rings. The lowest BCUT2D eigenvalue weighted by Crippen LogP contribution is -2.07. The van der Waals surface area contributed by atoms with Gasteiger partial charge in [-0.05, 0) is 55.8 Å². The number of ether oxygens (including phenoxy) is 1. The van der Waals surface area contributed by atoms with Crippen LogP contribution < -0.4 is 10.1 Å². The largest absolute Gasteiger partial charge is 0.457 e. The number of allylic oxidation sites excluding steroid dienone is 1. The third-order valence-corrected chi connectivity index (χ3v) is 4.44. The molecule has 1 heterocycles. The Bertz CT molecular complexity index is 1100. The number of benzene rings is 2. The van der Waals surface area contributed by atoms with Gasteiger partial charge in [0.1, 0.15) is 11.5 Å². The SMILES string of the molecule is C=Nn1cc(C=O)c(C)c1/C(Nc1ccc(Oc2ccccc2)cc1)=C(\C)C#N. The Kier molecular flexibility index (Phi) is 5.91. The maximum absolute atomic E-state index is 11.3. The zero-order valence-corrected chi connectivity index (χ0v) is 16.2. The average molecular weight is 384 g/mol. The molecule has 3 rings (SSSR count). The van der Waals surface area contributed by atoms with Crippen LogP contribution in [0.5, 0.6) is 11.5 Å². The highest BCUT2D eigenvalue weighted by molar-refractivity contribution is 5.86. The van der Waals surface area contributed by atoms with E-state index in [-0.39, 0.29) is 0 Å². The highest BCUT2D eigenvalue weighted by Gasteiger charge is 2.18. The lowest BCUT2D eigenvalue weighted by molar-refractivity contribution is 0.112. The summed E-state index contributed by atoms with van der Waals surface area (Å²) in [4.78, 5) is 11.3. The summed E-state index contributed by atoms with van der Waals surface area (Å²) >= 11 is 0. The fourth-order valence-electron chi connectivity index (χ4n) is 2.90. The molecule has 0 spiro atoms. The Hall–Kier alpha value is -4.11. The molecule has 0 amide bonds. The summed E-state index contributed by atoms with van der Waals surface area (Å²) in [5.74, 6) is 1.45. The molecule has 144 valence electrons. The molecule has 29 heavy (non-hydrogen) atoms. The molecule has 6 heteroatoms. The van der Waals surface area contributed by atoms with Crippen molar-refractivity contribution in [2.24, 2.45) is 5.10 Å². The highest BCUT2D eigenvalue weighted by Crippen LogP contribution is 2.29. The van der Waals surface area contributed by atoms with Crippen LogP contribution in [0.15, 0.2) is 71.5 Å². The molecule has 0 atom stereocenters. The molecule has 0 aliphatic heterocycles. The van der Waals surface area contributed by atoms with E-state index in [2.05, 4.69) is 23.2 Å². The van der Waals surface area contributed by atoms with Gasteiger partial charge in [0.05, 0.1) is 23.0 Å². The van der Waals surface area contributed by atoms with E-state index in [9.17, 15) is 10.1 Å². The van der Waals surface area contributed by atoms with E-state index >= 15 is 0 Å². The van der Waals surface area contributed by atoms with Gasteiger partial charge in [-0.2, -0.15) is 10.4 Å². The van der Waals surface area contributed by atoms with Gasteiger partial charge in [-0.25, -0.2) is 4.68 Å². The summed E-state index contributed by atoms with van der Waals surface area (Å²) in [6.45, 7) is 7.07. The minimum absolute atomic E-state index is 0.457. The number of carbonyl (C=O) groups is 1. The zero-order valence-electron chi connectivity index (χ0n) is 16.2. The number of para-hydroxylation sites is 1. The number of hydrogen-bond donors (Lipinski definition) is 1. The fourth-order valence-corrected chi connectivity index (χ4v) is 2.90. The first-order chi connectivity index (χ1) is 14.1. The number of carbonyl (C=O) groups excluding carboxylic acids is 1. The Morgan fingerprint density at radius 3 is 2.41 bits per heavy atom. The Balaban J connectivity index is 1.92. The minimum atomic E-state index is 0.457. The van der Waals surface area contributed by atoms with Crippen molar-refractivity contribution < 1.29 is 9.53 Å². The number of hydrogen-bond acceptors (Lipinski definition) is 5. The summed E-state index contributed by atoms with van der Waals surface area (Å²) < 4.78 is 7.30. The normalized spacial score (nSPS) is 11.2. The topological polar surface area (TPSA) is 79.4 Å². The number of rotatable bonds is 7. The molecule has 0 saturated carbocycles. The minimum Gasteiger partial charge on any atom is -0.457 e. The van der Waals surface area contributed by atoms with Crippen molar-refractivity contribution in [3.05, 3.63) is 83.2 Å². The predicted molar refractivity (Wildman–Crippen MR) is 114 cm³/mol. The molecular weight excluding hydrogens is 364 g/mol. The van der Waals surface area contributed by atoms with Gasteiger partial charge in [-0.1, -0.05) is 18.2 Å². The molecule has 0 aliphatic carbocycles. The van der Waals surface area contributed by atoms with Crippen molar-refractivity contribution in [2.75, 3.05) is 5.32 Å². The van der Waals surface area contributed by atoms with Crippen LogP contribution in [0.25, 0.3) is 5.70 Å². The molecule has 0 fully saturated rings. The van der Waals surface area contributed by atoms with E-state index in [0.29, 0.717) is 33.8 Å². The van der Waals surface area contributed by atoms with Crippen LogP contribution in [0.1, 0.15) is 28.5 Å². The third-order valence-electron chi connectivity index (χ3n) is 4.44. The van der Waals surface area contributed by atoms with Gasteiger partial charge in [0.2, 0.25) is 0 Å². The molecule has 1 aromatic heterocycles. The van der Waals surface area contributed by atoms with Crippen LogP contribution in [0, 0.1) is 18.3 Å². The van der Waals surface area contributed by atoms with Crippen molar-refractivity contribution in [3.8, 4) is 17.6 Å². The van der Waals surface area contributed by atoms with E-state index in [1.54, 1.807) is 13.1 Å². The third kappa shape index (κ3) is 4.25. The molecule has 0 saturated heterocycles. The highest BCUT2D eigenvalue weighted by atomic mass is 16.5. The molecule has 0 radical (unpaired) electrons. The maximum atomic E-state index is 11.3. The number of nitriles is 1. The quantitative estimate of drug-likeness (QED) is 0.344. The number of nitrogens with zero attached hydrogens (tertiary/aromatic N) is 3. The van der Waals surface area contributed by atoms with Crippen LogP contribution >= 0.6 is 0 Å². The molecule has 6 nitrogen and oxygen atoms in total. The monoisotopic (exact) mass is 384 g/mol.